The molecule has 1 atom stereocenters. The lowest BCUT2D eigenvalue weighted by Crippen LogP contribution is -2.46. The van der Waals surface area contributed by atoms with Crippen LogP contribution in [-0.4, -0.2) is 41.0 Å². The van der Waals surface area contributed by atoms with Crippen molar-refractivity contribution in [3.8, 4) is 0 Å². The molecule has 112 valence electrons. The number of amides is 3. The second-order valence-corrected chi connectivity index (χ2v) is 6.28. The number of nitrogens with one attached hydrogen (secondary N) is 1. The highest BCUT2D eigenvalue weighted by Crippen LogP contribution is 2.42. The molecule has 0 aromatic heterocycles. The molecule has 1 aliphatic carbocycles. The van der Waals surface area contributed by atoms with E-state index in [1.54, 1.807) is 0 Å². The van der Waals surface area contributed by atoms with Crippen molar-refractivity contribution in [1.82, 2.24) is 15.1 Å². The Labute approximate surface area is 124 Å². The Hall–Kier alpha value is -1.88. The summed E-state index contributed by atoms with van der Waals surface area (Å²) in [5.41, 5.74) is 0.474. The number of hydrogen-bond donors (Lipinski definition) is 1. The minimum Gasteiger partial charge on any atom is -0.323 e. The summed E-state index contributed by atoms with van der Waals surface area (Å²) in [5, 5.41) is 2.87. The summed E-state index contributed by atoms with van der Waals surface area (Å²) in [7, 11) is 1.92. The third kappa shape index (κ3) is 2.65. The van der Waals surface area contributed by atoms with E-state index < -0.39 is 5.54 Å². The van der Waals surface area contributed by atoms with Gasteiger partial charge >= 0.3 is 6.03 Å². The molecule has 0 radical (unpaired) electrons. The second kappa shape index (κ2) is 5.15. The van der Waals surface area contributed by atoms with Crippen molar-refractivity contribution < 1.29 is 9.59 Å². The average molecular weight is 287 g/mol. The second-order valence-electron chi connectivity index (χ2n) is 6.28. The van der Waals surface area contributed by atoms with E-state index in [-0.39, 0.29) is 11.9 Å². The van der Waals surface area contributed by atoms with Gasteiger partial charge in [-0.2, -0.15) is 0 Å². The summed E-state index contributed by atoms with van der Waals surface area (Å²) < 4.78 is 0. The third-order valence-corrected chi connectivity index (χ3v) is 4.37. The fraction of sp³-hybridized carbons (Fsp3) is 0.500. The fourth-order valence-electron chi connectivity index (χ4n) is 2.97. The zero-order valence-electron chi connectivity index (χ0n) is 12.5. The van der Waals surface area contributed by atoms with E-state index in [1.807, 2.05) is 49.2 Å². The van der Waals surface area contributed by atoms with Gasteiger partial charge in [0.25, 0.3) is 5.91 Å². The van der Waals surface area contributed by atoms with Crippen LogP contribution in [0.5, 0.6) is 0 Å². The first-order valence-corrected chi connectivity index (χ1v) is 7.37. The van der Waals surface area contributed by atoms with Crippen molar-refractivity contribution in [1.29, 1.82) is 0 Å². The molecule has 1 heterocycles. The zero-order chi connectivity index (χ0) is 15.0. The molecule has 2 aliphatic rings. The lowest BCUT2D eigenvalue weighted by atomic mass is 9.96. The first kappa shape index (κ1) is 14.1. The van der Waals surface area contributed by atoms with Gasteiger partial charge in [-0.25, -0.2) is 9.69 Å². The molecular weight excluding hydrogens is 266 g/mol. The molecule has 21 heavy (non-hydrogen) atoms. The van der Waals surface area contributed by atoms with Gasteiger partial charge in [0.15, 0.2) is 0 Å². The average Bonchev–Trinajstić information content (AvgIpc) is 3.26. The number of carbonyl (C=O) groups is 2. The molecule has 1 aromatic rings. The quantitative estimate of drug-likeness (QED) is 0.840. The van der Waals surface area contributed by atoms with Crippen molar-refractivity contribution in [3.63, 3.8) is 0 Å². The van der Waals surface area contributed by atoms with E-state index in [0.717, 1.165) is 18.4 Å². The Morgan fingerprint density at radius 2 is 1.95 bits per heavy atom. The first-order valence-electron chi connectivity index (χ1n) is 7.37. The topological polar surface area (TPSA) is 52.6 Å². The van der Waals surface area contributed by atoms with Crippen LogP contribution in [0, 0.1) is 5.92 Å². The molecule has 1 saturated carbocycles. The predicted molar refractivity (Wildman–Crippen MR) is 79.3 cm³/mol. The van der Waals surface area contributed by atoms with Gasteiger partial charge < -0.3 is 5.32 Å². The van der Waals surface area contributed by atoms with E-state index >= 15 is 0 Å². The van der Waals surface area contributed by atoms with Crippen LogP contribution in [0.1, 0.15) is 25.3 Å². The van der Waals surface area contributed by atoms with Gasteiger partial charge in [0, 0.05) is 6.54 Å². The fourth-order valence-corrected chi connectivity index (χ4v) is 2.97. The predicted octanol–water partition coefficient (Wildman–Crippen LogP) is 1.80. The summed E-state index contributed by atoms with van der Waals surface area (Å²) in [6, 6.07) is 9.76. The molecule has 3 rings (SSSR count). The van der Waals surface area contributed by atoms with Crippen LogP contribution in [-0.2, 0) is 11.3 Å². The molecule has 1 saturated heterocycles. The Morgan fingerprint density at radius 3 is 2.57 bits per heavy atom. The molecule has 0 unspecified atom stereocenters. The van der Waals surface area contributed by atoms with Crippen LogP contribution < -0.4 is 5.32 Å². The molecule has 3 amide bonds. The lowest BCUT2D eigenvalue weighted by Gasteiger charge is -2.24. The van der Waals surface area contributed by atoms with E-state index in [1.165, 1.54) is 4.90 Å². The van der Waals surface area contributed by atoms with Crippen molar-refractivity contribution >= 4 is 11.9 Å². The normalized spacial score (nSPS) is 25.6. The summed E-state index contributed by atoms with van der Waals surface area (Å²) >= 11 is 0. The number of carbonyl (C=O) groups excluding carboxylic acids is 2. The highest BCUT2D eigenvalue weighted by atomic mass is 16.2. The standard InChI is InChI=1S/C16H21N3O2/c1-16(13-8-9-13)14(20)19(15(21)17-16)11-18(2)10-12-6-4-3-5-7-12/h3-7,13H,8-11H2,1-2H3,(H,17,21)/t16-/m0/s1. The molecule has 0 spiro atoms. The van der Waals surface area contributed by atoms with Crippen molar-refractivity contribution in [2.75, 3.05) is 13.7 Å². The van der Waals surface area contributed by atoms with E-state index in [0.29, 0.717) is 19.1 Å². The van der Waals surface area contributed by atoms with Crippen molar-refractivity contribution in [3.05, 3.63) is 35.9 Å². The summed E-state index contributed by atoms with van der Waals surface area (Å²) in [4.78, 5) is 27.9. The van der Waals surface area contributed by atoms with Crippen molar-refractivity contribution in [2.24, 2.45) is 5.92 Å². The zero-order valence-corrected chi connectivity index (χ0v) is 12.5. The number of imide groups is 1. The highest BCUT2D eigenvalue weighted by Gasteiger charge is 2.55. The summed E-state index contributed by atoms with van der Waals surface area (Å²) in [6.45, 7) is 2.88. The van der Waals surface area contributed by atoms with E-state index in [9.17, 15) is 9.59 Å². The van der Waals surface area contributed by atoms with Crippen LogP contribution in [0.4, 0.5) is 4.79 Å². The minimum atomic E-state index is -0.690. The Kier molecular flexibility index (Phi) is 3.45. The van der Waals surface area contributed by atoms with Crippen LogP contribution in [0.25, 0.3) is 0 Å². The van der Waals surface area contributed by atoms with E-state index in [2.05, 4.69) is 5.32 Å². The Morgan fingerprint density at radius 1 is 1.29 bits per heavy atom. The summed E-state index contributed by atoms with van der Waals surface area (Å²) in [5.74, 6) is 0.216. The molecule has 5 heteroatoms. The molecule has 1 aromatic carbocycles. The lowest BCUT2D eigenvalue weighted by molar-refractivity contribution is -0.132. The number of hydrogen-bond acceptors (Lipinski definition) is 3. The molecule has 5 nitrogen and oxygen atoms in total. The van der Waals surface area contributed by atoms with Gasteiger partial charge in [0.05, 0.1) is 6.67 Å². The van der Waals surface area contributed by atoms with Gasteiger partial charge in [-0.1, -0.05) is 30.3 Å². The first-order chi connectivity index (χ1) is 10.0. The van der Waals surface area contributed by atoms with Crippen molar-refractivity contribution in [2.45, 2.75) is 31.8 Å². The number of rotatable bonds is 5. The summed E-state index contributed by atoms with van der Waals surface area (Å²) in [6.07, 6.45) is 2.05. The van der Waals surface area contributed by atoms with E-state index in [4.69, 9.17) is 0 Å². The molecule has 1 aliphatic heterocycles. The third-order valence-electron chi connectivity index (χ3n) is 4.37. The largest absolute Gasteiger partial charge is 0.326 e. The van der Waals surface area contributed by atoms with Crippen LogP contribution in [0.15, 0.2) is 30.3 Å². The van der Waals surface area contributed by atoms with Gasteiger partial charge in [0.2, 0.25) is 0 Å². The minimum absolute atomic E-state index is 0.0880. The van der Waals surface area contributed by atoms with Gasteiger partial charge in [-0.3, -0.25) is 9.69 Å². The number of benzene rings is 1. The van der Waals surface area contributed by atoms with Gasteiger partial charge in [-0.05, 0) is 38.3 Å². The molecule has 0 bridgehead atoms. The SMILES string of the molecule is CN(Cc1ccccc1)CN1C(=O)N[C@@](C)(C2CC2)C1=O. The Bertz CT molecular complexity index is 556. The Balaban J connectivity index is 1.64. The molecular formula is C16H21N3O2. The number of nitrogens with zero attached hydrogens (tertiary/aromatic N) is 2. The monoisotopic (exact) mass is 287 g/mol. The van der Waals surface area contributed by atoms with Crippen LogP contribution >= 0.6 is 0 Å². The van der Waals surface area contributed by atoms with Crippen LogP contribution in [0.2, 0.25) is 0 Å². The number of urea groups is 1. The molecule has 2 fully saturated rings. The van der Waals surface area contributed by atoms with Crippen LogP contribution in [0.3, 0.4) is 0 Å². The maximum Gasteiger partial charge on any atom is 0.326 e. The molecule has 1 N–H and O–H groups in total. The van der Waals surface area contributed by atoms with Gasteiger partial charge in [-0.15, -0.1) is 0 Å². The smallest absolute Gasteiger partial charge is 0.323 e. The maximum absolute atomic E-state index is 12.5. The van der Waals surface area contributed by atoms with Gasteiger partial charge in [0.1, 0.15) is 5.54 Å². The maximum atomic E-state index is 12.5. The highest BCUT2D eigenvalue weighted by molar-refractivity contribution is 6.07.